The van der Waals surface area contributed by atoms with Gasteiger partial charge in [0.25, 0.3) is 0 Å². The fourth-order valence-electron chi connectivity index (χ4n) is 16.4. The number of aromatic nitrogens is 4. The Labute approximate surface area is 679 Å². The van der Waals surface area contributed by atoms with Crippen LogP contribution in [-0.2, 0) is 96.8 Å². The van der Waals surface area contributed by atoms with Gasteiger partial charge in [0.2, 0.25) is 20.0 Å². The zero-order valence-electron chi connectivity index (χ0n) is 67.5. The molecule has 19 heteroatoms. The fourth-order valence-corrected chi connectivity index (χ4v) is 17.5. The number of nitrogens with zero attached hydrogens (tertiary/aromatic N) is 4. The Morgan fingerprint density at radius 2 is 0.809 bits per heavy atom. The van der Waals surface area contributed by atoms with E-state index in [1.54, 1.807) is 12.1 Å². The second-order valence-corrected chi connectivity index (χ2v) is 36.1. The van der Waals surface area contributed by atoms with Crippen LogP contribution in [0.2, 0.25) is 0 Å². The van der Waals surface area contributed by atoms with Gasteiger partial charge in [-0.2, -0.15) is 0 Å². The molecule has 586 valence electrons. The van der Waals surface area contributed by atoms with Gasteiger partial charge < -0.3 is 37.3 Å². The minimum Gasteiger partial charge on any atom is -0.400 e. The summed E-state index contributed by atoms with van der Waals surface area (Å²) in [5.41, 5.74) is 28.4. The van der Waals surface area contributed by atoms with Gasteiger partial charge in [-0.3, -0.25) is 9.44 Å². The molecule has 15 nitrogen and oxygen atoms in total. The smallest absolute Gasteiger partial charge is 0.400 e. The minimum atomic E-state index is -3.30. The lowest BCUT2D eigenvalue weighted by Crippen LogP contribution is -2.41. The van der Waals surface area contributed by atoms with E-state index < -0.39 is 20.0 Å². The maximum atomic E-state index is 11.5. The first-order valence-corrected chi connectivity index (χ1v) is 43.7. The van der Waals surface area contributed by atoms with Gasteiger partial charge >= 0.3 is 14.2 Å². The highest BCUT2D eigenvalue weighted by Crippen LogP contribution is 2.43. The summed E-state index contributed by atoms with van der Waals surface area (Å²) in [6.45, 7) is 24.9. The molecule has 19 rings (SSSR count). The Hall–Kier alpha value is -10.8. The summed E-state index contributed by atoms with van der Waals surface area (Å²) in [7, 11) is -7.25. The second kappa shape index (κ2) is 32.9. The first kappa shape index (κ1) is 79.5. The van der Waals surface area contributed by atoms with Gasteiger partial charge in [-0.05, 0) is 268 Å². The molecule has 1 aliphatic carbocycles. The van der Waals surface area contributed by atoms with E-state index in [1.165, 1.54) is 106 Å². The predicted molar refractivity (Wildman–Crippen MR) is 472 cm³/mol. The topological polar surface area (TPSA) is 163 Å². The van der Waals surface area contributed by atoms with E-state index >= 15 is 0 Å². The number of nitrogens with one attached hydrogen (secondary N) is 3. The van der Waals surface area contributed by atoms with Gasteiger partial charge in [0, 0.05) is 102 Å². The molecule has 3 N–H and O–H groups in total. The number of aromatic amines is 1. The molecular formula is C96H102B2N7O8S2+. The van der Waals surface area contributed by atoms with Crippen molar-refractivity contribution in [3.63, 3.8) is 0 Å². The van der Waals surface area contributed by atoms with Crippen molar-refractivity contribution in [1.82, 2.24) is 18.7 Å². The number of aryl methyl sites for hydroxylation is 8. The molecule has 7 aliphatic heterocycles. The van der Waals surface area contributed by atoms with E-state index in [0.717, 1.165) is 106 Å². The van der Waals surface area contributed by atoms with E-state index in [1.807, 2.05) is 42.6 Å². The number of H-pyrrole nitrogens is 1. The van der Waals surface area contributed by atoms with Gasteiger partial charge in [-0.1, -0.05) is 152 Å². The van der Waals surface area contributed by atoms with Crippen LogP contribution in [-0.4, -0.2) is 102 Å². The van der Waals surface area contributed by atoms with E-state index in [-0.39, 0.29) is 36.6 Å². The number of fused-ring (bicyclic) bond motifs is 9. The van der Waals surface area contributed by atoms with E-state index in [2.05, 4.69) is 313 Å². The SMILES string of the molecule is C=C1c2ccccc2CCc2[nH]ccc21.CC1(C)OB(/C=C2/c3ccccc3CCn3cccc32)OC1(C)C.CC1(C)OB(/C=C2\c3ccccc3CCn3cccc32)OC1(C)C.CS(=O)(=O)Nc1cccc(/C=C2\C3=[N+](C=CC3)CCc3ccccc32)c1.CS(=O)(=O)Nc1cccc(/C=C2\c3ccccc3CCn3cccc32)c1. The Kier molecular flexibility index (Phi) is 22.7. The number of hydrogen-bond donors (Lipinski definition) is 3. The van der Waals surface area contributed by atoms with Gasteiger partial charge in [0.1, 0.15) is 0 Å². The Morgan fingerprint density at radius 3 is 1.25 bits per heavy atom. The summed E-state index contributed by atoms with van der Waals surface area (Å²) in [6.07, 6.45) is 26.6. The average Bonchev–Trinajstić information content (AvgIpc) is 1.65. The largest absolute Gasteiger partial charge is 0.487 e. The number of sulfonamides is 2. The molecule has 4 aromatic heterocycles. The molecule has 11 aromatic rings. The number of rotatable bonds is 8. The lowest BCUT2D eigenvalue weighted by molar-refractivity contribution is -0.451. The molecule has 2 saturated heterocycles. The average molecular weight is 1570 g/mol. The number of allylic oxidation sites excluding steroid dienone is 2. The summed E-state index contributed by atoms with van der Waals surface area (Å²) in [5, 5.41) is 0. The van der Waals surface area contributed by atoms with Crippen LogP contribution in [0.3, 0.4) is 0 Å². The molecule has 7 aromatic carbocycles. The highest BCUT2D eigenvalue weighted by Gasteiger charge is 2.52. The van der Waals surface area contributed by atoms with E-state index in [4.69, 9.17) is 18.6 Å². The van der Waals surface area contributed by atoms with Crippen LogP contribution in [0.4, 0.5) is 11.4 Å². The van der Waals surface area contributed by atoms with Crippen LogP contribution >= 0.6 is 0 Å². The molecule has 0 saturated carbocycles. The number of hydrogen-bond acceptors (Lipinski definition) is 8. The molecule has 115 heavy (non-hydrogen) atoms. The normalized spacial score (nSPS) is 18.9. The summed E-state index contributed by atoms with van der Waals surface area (Å²) < 4.78 is 85.2. The van der Waals surface area contributed by atoms with Crippen LogP contribution < -0.4 is 9.44 Å². The molecular weight excluding hydrogens is 1460 g/mol. The molecule has 8 aliphatic rings. The van der Waals surface area contributed by atoms with Crippen molar-refractivity contribution >= 4 is 91.4 Å². The molecule has 11 heterocycles. The van der Waals surface area contributed by atoms with Crippen LogP contribution in [0.15, 0.2) is 268 Å². The predicted octanol–water partition coefficient (Wildman–Crippen LogP) is 18.9. The first-order valence-electron chi connectivity index (χ1n) is 39.9. The van der Waals surface area contributed by atoms with Crippen molar-refractivity contribution < 1.29 is 40.0 Å². The molecule has 0 radical (unpaired) electrons. The van der Waals surface area contributed by atoms with Crippen LogP contribution in [0.25, 0.3) is 40.0 Å². The monoisotopic (exact) mass is 1570 g/mol. The van der Waals surface area contributed by atoms with E-state index in [0.29, 0.717) is 11.4 Å². The second-order valence-electron chi connectivity index (χ2n) is 32.6. The lowest BCUT2D eigenvalue weighted by atomic mass is 9.83. The first-order chi connectivity index (χ1) is 55.1. The summed E-state index contributed by atoms with van der Waals surface area (Å²) in [6, 6.07) is 72.7. The van der Waals surface area contributed by atoms with Crippen molar-refractivity contribution in [2.45, 2.75) is 142 Å². The lowest BCUT2D eigenvalue weighted by Gasteiger charge is -2.32. The molecule has 0 bridgehead atoms. The Balaban J connectivity index is 0.000000114. The van der Waals surface area contributed by atoms with Crippen LogP contribution in [0, 0.1) is 0 Å². The molecule has 0 spiro atoms. The Bertz CT molecular complexity index is 5770. The zero-order valence-corrected chi connectivity index (χ0v) is 69.1. The third-order valence-electron chi connectivity index (χ3n) is 23.6. The van der Waals surface area contributed by atoms with Crippen LogP contribution in [0.5, 0.6) is 0 Å². The van der Waals surface area contributed by atoms with Crippen molar-refractivity contribution in [3.05, 3.63) is 363 Å². The summed E-state index contributed by atoms with van der Waals surface area (Å²) in [4.78, 5) is 3.30. The third-order valence-corrected chi connectivity index (χ3v) is 24.8. The standard InChI is InChI=1S/C21H21N2O2S.C21H20N2O2S.2C20H24BNO2.C14H13N/c2*1-26(24,25)22-18-8-4-6-16(14-18)15-20-19-9-3-2-7-17(19)11-13-23-12-5-10-21(20)23;2*1-19(2)20(3,4)24-21(23-19)14-17-16-9-6-5-8-15(16)11-13-22-12-7-10-18(17)22;1-10-12-5-3-2-4-11(12)6-7-14-13(10)8-9-15-14/h2-9,12,14-15,22H,10-11,13H2,1H3;2-10,12,14-15,22H,11,13H2,1H3;2*5-10,12,14H,11,13H2,1-4H3;2-5,8-9,15H,1,6-7H2/q+1;;;;/b20-15-;20-15+;17-14+;17-14-;. The molecule has 0 atom stereocenters. The maximum Gasteiger partial charge on any atom is 0.487 e. The van der Waals surface area contributed by atoms with Crippen molar-refractivity contribution in [2.24, 2.45) is 0 Å². The van der Waals surface area contributed by atoms with Crippen molar-refractivity contribution in [1.29, 1.82) is 0 Å². The zero-order chi connectivity index (χ0) is 80.4. The van der Waals surface area contributed by atoms with Gasteiger partial charge in [-0.15, -0.1) is 0 Å². The number of anilines is 2. The van der Waals surface area contributed by atoms with E-state index in [9.17, 15) is 16.8 Å². The molecule has 0 unspecified atom stereocenters. The maximum absolute atomic E-state index is 11.5. The summed E-state index contributed by atoms with van der Waals surface area (Å²) >= 11 is 0. The minimum absolute atomic E-state index is 0.318. The van der Waals surface area contributed by atoms with Crippen molar-refractivity contribution in [3.8, 4) is 0 Å². The highest BCUT2D eigenvalue weighted by atomic mass is 32.2. The van der Waals surface area contributed by atoms with Gasteiger partial charge in [0.15, 0.2) is 18.5 Å². The van der Waals surface area contributed by atoms with Gasteiger partial charge in [0.05, 0.1) is 41.3 Å². The fraction of sp³-hybridized carbons (Fsp3) is 0.260. The van der Waals surface area contributed by atoms with Crippen molar-refractivity contribution in [2.75, 3.05) is 28.5 Å². The quantitative estimate of drug-likeness (QED) is 0.100. The van der Waals surface area contributed by atoms with Crippen LogP contribution in [0.1, 0.15) is 157 Å². The molecule has 2 fully saturated rings. The third kappa shape index (κ3) is 17.9. The molecule has 0 amide bonds. The Morgan fingerprint density at radius 1 is 0.426 bits per heavy atom. The summed E-state index contributed by atoms with van der Waals surface area (Å²) in [5.74, 6) is 4.29. The van der Waals surface area contributed by atoms with Gasteiger partial charge in [-0.25, -0.2) is 21.4 Å². The highest BCUT2D eigenvalue weighted by molar-refractivity contribution is 7.92. The number of benzene rings is 7.